The van der Waals surface area contributed by atoms with Crippen LogP contribution in [0, 0.1) is 0 Å². The summed E-state index contributed by atoms with van der Waals surface area (Å²) in [5, 5.41) is 2.65. The van der Waals surface area contributed by atoms with Crippen molar-refractivity contribution < 1.29 is 26.4 Å². The molecule has 0 unspecified atom stereocenters. The first-order chi connectivity index (χ1) is 14.2. The van der Waals surface area contributed by atoms with Gasteiger partial charge in [-0.3, -0.25) is 4.79 Å². The SMILES string of the molecule is CCOc1ccc(S(=O)(=O)N2CCCCC2)cc1NC(=O)CS[C@@H]1CCS(=O)(=O)C1. The molecular weight excluding hydrogens is 448 g/mol. The summed E-state index contributed by atoms with van der Waals surface area (Å²) < 4.78 is 56.1. The monoisotopic (exact) mass is 476 g/mol. The van der Waals surface area contributed by atoms with Gasteiger partial charge < -0.3 is 10.1 Å². The number of nitrogens with zero attached hydrogens (tertiary/aromatic N) is 1. The summed E-state index contributed by atoms with van der Waals surface area (Å²) in [4.78, 5) is 12.6. The predicted molar refractivity (Wildman–Crippen MR) is 118 cm³/mol. The number of amides is 1. The Hall–Kier alpha value is -1.30. The van der Waals surface area contributed by atoms with Gasteiger partial charge in [0.15, 0.2) is 9.84 Å². The van der Waals surface area contributed by atoms with Crippen LogP contribution < -0.4 is 10.1 Å². The first kappa shape index (κ1) is 23.4. The molecule has 0 bridgehead atoms. The van der Waals surface area contributed by atoms with E-state index in [1.54, 1.807) is 13.0 Å². The third-order valence-electron chi connectivity index (χ3n) is 5.12. The van der Waals surface area contributed by atoms with Gasteiger partial charge in [0.05, 0.1) is 34.4 Å². The van der Waals surface area contributed by atoms with Gasteiger partial charge in [0.1, 0.15) is 5.75 Å². The highest BCUT2D eigenvalue weighted by molar-refractivity contribution is 8.02. The van der Waals surface area contributed by atoms with Crippen LogP contribution in [0.1, 0.15) is 32.6 Å². The van der Waals surface area contributed by atoms with E-state index in [0.717, 1.165) is 19.3 Å². The highest BCUT2D eigenvalue weighted by atomic mass is 32.2. The lowest BCUT2D eigenvalue weighted by molar-refractivity contribution is -0.113. The lowest BCUT2D eigenvalue weighted by Gasteiger charge is -2.26. The van der Waals surface area contributed by atoms with Crippen molar-refractivity contribution in [2.45, 2.75) is 42.8 Å². The zero-order chi connectivity index (χ0) is 21.8. The highest BCUT2D eigenvalue weighted by Gasteiger charge is 2.29. The van der Waals surface area contributed by atoms with Gasteiger partial charge in [-0.25, -0.2) is 16.8 Å². The third-order valence-corrected chi connectivity index (χ3v) is 10.3. The quantitative estimate of drug-likeness (QED) is 0.612. The molecule has 8 nitrogen and oxygen atoms in total. The predicted octanol–water partition coefficient (Wildman–Crippen LogP) is 2.12. The summed E-state index contributed by atoms with van der Waals surface area (Å²) in [5.41, 5.74) is 0.305. The largest absolute Gasteiger partial charge is 0.492 e. The second kappa shape index (κ2) is 9.88. The average Bonchev–Trinajstić information content (AvgIpc) is 3.07. The minimum atomic E-state index is -3.64. The van der Waals surface area contributed by atoms with E-state index in [9.17, 15) is 21.6 Å². The normalized spacial score (nSPS) is 22.0. The molecule has 2 aliphatic rings. The Bertz CT molecular complexity index is 972. The van der Waals surface area contributed by atoms with Crippen molar-refractivity contribution in [2.24, 2.45) is 0 Å². The van der Waals surface area contributed by atoms with Gasteiger partial charge >= 0.3 is 0 Å². The van der Waals surface area contributed by atoms with Crippen molar-refractivity contribution in [2.75, 3.05) is 42.3 Å². The number of benzene rings is 1. The molecule has 0 spiro atoms. The number of nitrogens with one attached hydrogen (secondary N) is 1. The van der Waals surface area contributed by atoms with Gasteiger partial charge in [-0.2, -0.15) is 4.31 Å². The van der Waals surface area contributed by atoms with Gasteiger partial charge in [-0.15, -0.1) is 11.8 Å². The molecule has 1 aromatic rings. The summed E-state index contributed by atoms with van der Waals surface area (Å²) in [6, 6.07) is 4.51. The molecule has 1 N–H and O–H groups in total. The highest BCUT2D eigenvalue weighted by Crippen LogP contribution is 2.31. The number of anilines is 1. The minimum Gasteiger partial charge on any atom is -0.492 e. The number of sulfonamides is 1. The van der Waals surface area contributed by atoms with E-state index in [1.165, 1.54) is 28.2 Å². The topological polar surface area (TPSA) is 110 Å². The first-order valence-electron chi connectivity index (χ1n) is 10.1. The number of hydrogen-bond donors (Lipinski definition) is 1. The van der Waals surface area contributed by atoms with E-state index in [0.29, 0.717) is 37.6 Å². The number of ether oxygens (including phenoxy) is 1. The smallest absolute Gasteiger partial charge is 0.243 e. The molecule has 1 aromatic carbocycles. The molecular formula is C19H28N2O6S3. The van der Waals surface area contributed by atoms with Crippen molar-refractivity contribution >= 4 is 43.2 Å². The Labute approximate surface area is 182 Å². The van der Waals surface area contributed by atoms with E-state index >= 15 is 0 Å². The van der Waals surface area contributed by atoms with Crippen molar-refractivity contribution in [3.8, 4) is 5.75 Å². The molecule has 2 fully saturated rings. The molecule has 3 rings (SSSR count). The number of piperidine rings is 1. The zero-order valence-corrected chi connectivity index (χ0v) is 19.5. The molecule has 168 valence electrons. The van der Waals surface area contributed by atoms with Gasteiger partial charge in [-0.05, 0) is 44.4 Å². The fourth-order valence-corrected chi connectivity index (χ4v) is 8.56. The zero-order valence-electron chi connectivity index (χ0n) is 17.0. The molecule has 0 radical (unpaired) electrons. The van der Waals surface area contributed by atoms with Gasteiger partial charge in [0, 0.05) is 18.3 Å². The average molecular weight is 477 g/mol. The maximum atomic E-state index is 13.0. The Morgan fingerprint density at radius 2 is 2.00 bits per heavy atom. The van der Waals surface area contributed by atoms with E-state index in [1.807, 2.05) is 0 Å². The fourth-order valence-electron chi connectivity index (χ4n) is 3.58. The molecule has 1 amide bonds. The van der Waals surface area contributed by atoms with E-state index in [2.05, 4.69) is 5.32 Å². The van der Waals surface area contributed by atoms with Crippen molar-refractivity contribution in [1.29, 1.82) is 0 Å². The summed E-state index contributed by atoms with van der Waals surface area (Å²) in [6.45, 7) is 3.17. The molecule has 2 saturated heterocycles. The summed E-state index contributed by atoms with van der Waals surface area (Å²) in [5.74, 6) is 0.430. The van der Waals surface area contributed by atoms with Crippen molar-refractivity contribution in [3.05, 3.63) is 18.2 Å². The van der Waals surface area contributed by atoms with E-state index in [4.69, 9.17) is 4.74 Å². The van der Waals surface area contributed by atoms with Crippen LogP contribution in [0.15, 0.2) is 23.1 Å². The van der Waals surface area contributed by atoms with Crippen LogP contribution in [-0.2, 0) is 24.7 Å². The van der Waals surface area contributed by atoms with Crippen LogP contribution in [0.25, 0.3) is 0 Å². The summed E-state index contributed by atoms with van der Waals surface area (Å²) in [6.07, 6.45) is 3.26. The molecule has 30 heavy (non-hydrogen) atoms. The molecule has 2 heterocycles. The van der Waals surface area contributed by atoms with Crippen LogP contribution in [0.5, 0.6) is 5.75 Å². The fraction of sp³-hybridized carbons (Fsp3) is 0.632. The maximum absolute atomic E-state index is 13.0. The summed E-state index contributed by atoms with van der Waals surface area (Å²) in [7, 11) is -6.63. The Morgan fingerprint density at radius 1 is 1.27 bits per heavy atom. The molecule has 0 aromatic heterocycles. The lowest BCUT2D eigenvalue weighted by atomic mass is 10.2. The van der Waals surface area contributed by atoms with E-state index < -0.39 is 19.9 Å². The molecule has 0 saturated carbocycles. The first-order valence-corrected chi connectivity index (χ1v) is 14.4. The standard InChI is InChI=1S/C19H28N2O6S3/c1-2-27-18-7-6-16(30(25,26)21-9-4-3-5-10-21)12-17(18)20-19(22)13-28-15-8-11-29(23,24)14-15/h6-7,12,15H,2-5,8-11,13-14H2,1H3,(H,20,22)/t15-/m1/s1. The van der Waals surface area contributed by atoms with Crippen LogP contribution >= 0.6 is 11.8 Å². The van der Waals surface area contributed by atoms with Crippen LogP contribution in [0.3, 0.4) is 0 Å². The Kier molecular flexibility index (Phi) is 7.70. The third kappa shape index (κ3) is 5.89. The molecule has 0 aliphatic carbocycles. The van der Waals surface area contributed by atoms with Crippen molar-refractivity contribution in [3.63, 3.8) is 0 Å². The number of thioether (sulfide) groups is 1. The van der Waals surface area contributed by atoms with Crippen LogP contribution in [0.4, 0.5) is 5.69 Å². The van der Waals surface area contributed by atoms with Crippen molar-refractivity contribution in [1.82, 2.24) is 4.31 Å². The second-order valence-electron chi connectivity index (χ2n) is 7.44. The minimum absolute atomic E-state index is 0.0853. The number of hydrogen-bond acceptors (Lipinski definition) is 7. The second-order valence-corrected chi connectivity index (χ2v) is 12.9. The van der Waals surface area contributed by atoms with Gasteiger partial charge in [-0.1, -0.05) is 6.42 Å². The van der Waals surface area contributed by atoms with E-state index in [-0.39, 0.29) is 33.3 Å². The summed E-state index contributed by atoms with van der Waals surface area (Å²) >= 11 is 1.31. The number of carbonyl (C=O) groups excluding carboxylic acids is 1. The van der Waals surface area contributed by atoms with Crippen LogP contribution in [-0.4, -0.2) is 69.3 Å². The Balaban J connectivity index is 1.72. The molecule has 1 atom stereocenters. The molecule has 2 aliphatic heterocycles. The maximum Gasteiger partial charge on any atom is 0.243 e. The number of rotatable bonds is 8. The number of carbonyl (C=O) groups is 1. The Morgan fingerprint density at radius 3 is 2.63 bits per heavy atom. The van der Waals surface area contributed by atoms with Gasteiger partial charge in [0.25, 0.3) is 0 Å². The number of sulfone groups is 1. The lowest BCUT2D eigenvalue weighted by Crippen LogP contribution is -2.35. The van der Waals surface area contributed by atoms with Crippen LogP contribution in [0.2, 0.25) is 0 Å². The van der Waals surface area contributed by atoms with Gasteiger partial charge in [0.2, 0.25) is 15.9 Å². The molecule has 11 heteroatoms.